The van der Waals surface area contributed by atoms with Crippen LogP contribution < -0.4 is 9.47 Å². The maximum absolute atomic E-state index is 11.6. The van der Waals surface area contributed by atoms with Crippen molar-refractivity contribution in [3.63, 3.8) is 0 Å². The number of unbranched alkanes of at least 4 members (excludes halogenated alkanes) is 1. The molecule has 0 aliphatic carbocycles. The summed E-state index contributed by atoms with van der Waals surface area (Å²) in [6, 6.07) is 16.4. The first-order valence-electron chi connectivity index (χ1n) is 13.5. The van der Waals surface area contributed by atoms with Gasteiger partial charge in [-0.3, -0.25) is 9.78 Å². The Balaban J connectivity index is 1.26. The average molecular weight is 505 g/mol. The smallest absolute Gasteiger partial charge is 0.303 e. The Morgan fingerprint density at radius 1 is 0.973 bits per heavy atom. The standard InChI is InChI=1S/C31H40N2O4/c1-36-27-11-9-23(10-12-27)6-3-4-18-33-19-16-24(26(22-33)20-31(34)35)7-5-8-25-15-17-32-30-14-13-28(37-2)21-29(25)30/h9-15,17,21,24,26H,3-8,16,18-20,22H2,1-2H3,(H,34,35)/t24-,26+/m1/s1. The molecule has 37 heavy (non-hydrogen) atoms. The zero-order valence-corrected chi connectivity index (χ0v) is 22.2. The lowest BCUT2D eigenvalue weighted by molar-refractivity contribution is -0.139. The van der Waals surface area contributed by atoms with Crippen LogP contribution >= 0.6 is 0 Å². The molecular formula is C31H40N2O4. The molecule has 1 saturated heterocycles. The Morgan fingerprint density at radius 3 is 2.51 bits per heavy atom. The molecule has 198 valence electrons. The predicted molar refractivity (Wildman–Crippen MR) is 147 cm³/mol. The van der Waals surface area contributed by atoms with E-state index in [0.717, 1.165) is 87.0 Å². The molecule has 2 atom stereocenters. The number of carboxylic acid groups (broad SMARTS) is 1. The Kier molecular flexibility index (Phi) is 9.78. The first-order valence-corrected chi connectivity index (χ1v) is 13.5. The van der Waals surface area contributed by atoms with E-state index in [1.54, 1.807) is 14.2 Å². The van der Waals surface area contributed by atoms with Gasteiger partial charge in [0, 0.05) is 24.5 Å². The quantitative estimate of drug-likeness (QED) is 0.288. The Hall–Kier alpha value is -3.12. The number of ether oxygens (including phenoxy) is 2. The molecule has 0 unspecified atom stereocenters. The van der Waals surface area contributed by atoms with Gasteiger partial charge in [0.2, 0.25) is 0 Å². The number of likely N-dealkylation sites (tertiary alicyclic amines) is 1. The zero-order valence-electron chi connectivity index (χ0n) is 22.2. The molecule has 1 N–H and O–H groups in total. The first kappa shape index (κ1) is 26.9. The largest absolute Gasteiger partial charge is 0.497 e. The summed E-state index contributed by atoms with van der Waals surface area (Å²) in [6.45, 7) is 3.01. The van der Waals surface area contributed by atoms with Gasteiger partial charge in [0.15, 0.2) is 0 Å². The first-order chi connectivity index (χ1) is 18.1. The summed E-state index contributed by atoms with van der Waals surface area (Å²) in [5.74, 6) is 1.75. The van der Waals surface area contributed by atoms with Crippen LogP contribution in [0.25, 0.3) is 10.9 Å². The minimum absolute atomic E-state index is 0.224. The van der Waals surface area contributed by atoms with Gasteiger partial charge in [0.05, 0.1) is 19.7 Å². The summed E-state index contributed by atoms with van der Waals surface area (Å²) >= 11 is 0. The van der Waals surface area contributed by atoms with E-state index in [1.165, 1.54) is 11.1 Å². The van der Waals surface area contributed by atoms with E-state index in [2.05, 4.69) is 34.1 Å². The third-order valence-corrected chi connectivity index (χ3v) is 7.82. The minimum atomic E-state index is -0.677. The molecule has 2 heterocycles. The van der Waals surface area contributed by atoms with Crippen LogP contribution in [-0.2, 0) is 17.6 Å². The molecule has 1 fully saturated rings. The van der Waals surface area contributed by atoms with Crippen LogP contribution in [0.1, 0.15) is 49.7 Å². The van der Waals surface area contributed by atoms with Crippen LogP contribution in [0.2, 0.25) is 0 Å². The van der Waals surface area contributed by atoms with E-state index in [0.29, 0.717) is 5.92 Å². The van der Waals surface area contributed by atoms with Crippen molar-refractivity contribution in [2.45, 2.75) is 51.4 Å². The second kappa shape index (κ2) is 13.4. The molecule has 4 rings (SSSR count). The number of methoxy groups -OCH3 is 2. The maximum atomic E-state index is 11.6. The number of aromatic nitrogens is 1. The van der Waals surface area contributed by atoms with E-state index in [-0.39, 0.29) is 12.3 Å². The highest BCUT2D eigenvalue weighted by Gasteiger charge is 2.30. The Labute approximate surface area is 220 Å². The molecular weight excluding hydrogens is 464 g/mol. The highest BCUT2D eigenvalue weighted by Crippen LogP contribution is 2.32. The van der Waals surface area contributed by atoms with Crippen molar-refractivity contribution in [2.75, 3.05) is 33.9 Å². The molecule has 1 aliphatic rings. The number of rotatable bonds is 13. The lowest BCUT2D eigenvalue weighted by Crippen LogP contribution is -2.41. The van der Waals surface area contributed by atoms with E-state index in [9.17, 15) is 9.90 Å². The van der Waals surface area contributed by atoms with Crippen LogP contribution in [0, 0.1) is 11.8 Å². The highest BCUT2D eigenvalue weighted by molar-refractivity contribution is 5.83. The summed E-state index contributed by atoms with van der Waals surface area (Å²) in [5, 5.41) is 10.7. The monoisotopic (exact) mass is 504 g/mol. The molecule has 3 aromatic rings. The number of fused-ring (bicyclic) bond motifs is 1. The third-order valence-electron chi connectivity index (χ3n) is 7.82. The van der Waals surface area contributed by atoms with Gasteiger partial charge < -0.3 is 19.5 Å². The minimum Gasteiger partial charge on any atom is -0.497 e. The second-order valence-corrected chi connectivity index (χ2v) is 10.3. The Morgan fingerprint density at radius 2 is 1.76 bits per heavy atom. The van der Waals surface area contributed by atoms with Gasteiger partial charge in [0.25, 0.3) is 0 Å². The number of hydrogen-bond acceptors (Lipinski definition) is 5. The number of aliphatic carboxylic acids is 1. The van der Waals surface area contributed by atoms with Crippen molar-refractivity contribution < 1.29 is 19.4 Å². The van der Waals surface area contributed by atoms with Gasteiger partial charge in [-0.05, 0) is 117 Å². The predicted octanol–water partition coefficient (Wildman–Crippen LogP) is 6.01. The van der Waals surface area contributed by atoms with Crippen molar-refractivity contribution >= 4 is 16.9 Å². The fraction of sp³-hybridized carbons (Fsp3) is 0.484. The number of aryl methyl sites for hydroxylation is 2. The van der Waals surface area contributed by atoms with E-state index < -0.39 is 5.97 Å². The summed E-state index contributed by atoms with van der Waals surface area (Å²) < 4.78 is 10.6. The van der Waals surface area contributed by atoms with Crippen molar-refractivity contribution in [3.8, 4) is 11.5 Å². The number of carbonyl (C=O) groups is 1. The van der Waals surface area contributed by atoms with Crippen molar-refractivity contribution in [2.24, 2.45) is 11.8 Å². The van der Waals surface area contributed by atoms with Crippen molar-refractivity contribution in [3.05, 3.63) is 65.9 Å². The normalized spacial score (nSPS) is 18.1. The fourth-order valence-electron chi connectivity index (χ4n) is 5.73. The molecule has 0 radical (unpaired) electrons. The lowest BCUT2D eigenvalue weighted by Gasteiger charge is -2.38. The number of carboxylic acids is 1. The van der Waals surface area contributed by atoms with Gasteiger partial charge in [0.1, 0.15) is 11.5 Å². The lowest BCUT2D eigenvalue weighted by atomic mass is 9.79. The number of piperidine rings is 1. The van der Waals surface area contributed by atoms with E-state index in [1.807, 2.05) is 30.5 Å². The zero-order chi connectivity index (χ0) is 26.0. The SMILES string of the molecule is COc1ccc(CCCCN2CC[C@@H](CCCc3ccnc4ccc(OC)cc34)[C@@H](CC(=O)O)C2)cc1. The van der Waals surface area contributed by atoms with Crippen LogP contribution in [0.5, 0.6) is 11.5 Å². The molecule has 1 aromatic heterocycles. The molecule has 6 heteroatoms. The molecule has 0 saturated carbocycles. The van der Waals surface area contributed by atoms with Gasteiger partial charge in [-0.25, -0.2) is 0 Å². The van der Waals surface area contributed by atoms with Gasteiger partial charge in [-0.15, -0.1) is 0 Å². The van der Waals surface area contributed by atoms with Gasteiger partial charge in [-0.1, -0.05) is 12.1 Å². The molecule has 0 bridgehead atoms. The molecule has 2 aromatic carbocycles. The van der Waals surface area contributed by atoms with Crippen molar-refractivity contribution in [1.29, 1.82) is 0 Å². The number of nitrogens with zero attached hydrogens (tertiary/aromatic N) is 2. The van der Waals surface area contributed by atoms with Crippen LogP contribution in [0.3, 0.4) is 0 Å². The van der Waals surface area contributed by atoms with E-state index in [4.69, 9.17) is 9.47 Å². The molecule has 6 nitrogen and oxygen atoms in total. The molecule has 0 amide bonds. The maximum Gasteiger partial charge on any atom is 0.303 e. The Bertz CT molecular complexity index is 1150. The number of hydrogen-bond donors (Lipinski definition) is 1. The van der Waals surface area contributed by atoms with Gasteiger partial charge in [-0.2, -0.15) is 0 Å². The van der Waals surface area contributed by atoms with Crippen LogP contribution in [-0.4, -0.2) is 54.8 Å². The summed E-state index contributed by atoms with van der Waals surface area (Å²) in [5.41, 5.74) is 3.61. The van der Waals surface area contributed by atoms with E-state index >= 15 is 0 Å². The van der Waals surface area contributed by atoms with Crippen molar-refractivity contribution in [1.82, 2.24) is 9.88 Å². The topological polar surface area (TPSA) is 71.9 Å². The third kappa shape index (κ3) is 7.68. The summed E-state index contributed by atoms with van der Waals surface area (Å²) in [4.78, 5) is 18.6. The van der Waals surface area contributed by atoms with Crippen LogP contribution in [0.4, 0.5) is 0 Å². The highest BCUT2D eigenvalue weighted by atomic mass is 16.5. The summed E-state index contributed by atoms with van der Waals surface area (Å²) in [6.07, 6.45) is 9.66. The second-order valence-electron chi connectivity index (χ2n) is 10.3. The molecule has 0 spiro atoms. The average Bonchev–Trinajstić information content (AvgIpc) is 2.92. The molecule has 1 aliphatic heterocycles. The number of benzene rings is 2. The fourth-order valence-corrected chi connectivity index (χ4v) is 5.73. The number of pyridine rings is 1. The summed E-state index contributed by atoms with van der Waals surface area (Å²) in [7, 11) is 3.38. The van der Waals surface area contributed by atoms with Crippen LogP contribution in [0.15, 0.2) is 54.7 Å². The van der Waals surface area contributed by atoms with Gasteiger partial charge >= 0.3 is 5.97 Å².